The van der Waals surface area contributed by atoms with Crippen LogP contribution in [0.5, 0.6) is 0 Å². The lowest BCUT2D eigenvalue weighted by Gasteiger charge is -2.13. The largest absolute Gasteiger partial charge is 0.481 e. The fourth-order valence-corrected chi connectivity index (χ4v) is 4.66. The lowest BCUT2D eigenvalue weighted by atomic mass is 9.97. The van der Waals surface area contributed by atoms with Crippen LogP contribution in [0.3, 0.4) is 0 Å². The molecular formula is C32H58O4. The van der Waals surface area contributed by atoms with E-state index >= 15 is 0 Å². The standard InChI is InChI=1S/C32H58O4/c1-3-5-6-7-8-9-10-11-12-13-14-15-16-17-18-19-20-21-22-23-24-25-26-27-30(29-31(33)34)32(35)36-28-4-2/h4,6-7,30H,2-3,5,8-29H2,1H3,(H,33,34)/b7-6+. The van der Waals surface area contributed by atoms with Crippen LogP contribution in [0.1, 0.15) is 155 Å². The molecule has 0 spiro atoms. The van der Waals surface area contributed by atoms with Gasteiger partial charge in [-0.25, -0.2) is 0 Å². The van der Waals surface area contributed by atoms with Crippen molar-refractivity contribution in [1.82, 2.24) is 0 Å². The molecular weight excluding hydrogens is 448 g/mol. The number of hydrogen-bond donors (Lipinski definition) is 1. The van der Waals surface area contributed by atoms with Crippen LogP contribution in [-0.4, -0.2) is 23.7 Å². The van der Waals surface area contributed by atoms with Gasteiger partial charge in [-0.3, -0.25) is 9.59 Å². The summed E-state index contributed by atoms with van der Waals surface area (Å²) >= 11 is 0. The molecule has 0 fully saturated rings. The number of esters is 1. The zero-order valence-corrected chi connectivity index (χ0v) is 23.7. The average molecular weight is 507 g/mol. The summed E-state index contributed by atoms with van der Waals surface area (Å²) in [6.45, 7) is 5.90. The van der Waals surface area contributed by atoms with E-state index in [1.165, 1.54) is 122 Å². The van der Waals surface area contributed by atoms with E-state index in [0.717, 1.165) is 19.3 Å². The van der Waals surface area contributed by atoms with Crippen LogP contribution in [0.4, 0.5) is 0 Å². The highest BCUT2D eigenvalue weighted by Crippen LogP contribution is 2.18. The van der Waals surface area contributed by atoms with Crippen LogP contribution in [-0.2, 0) is 14.3 Å². The molecule has 0 heterocycles. The molecule has 36 heavy (non-hydrogen) atoms. The molecule has 1 atom stereocenters. The molecule has 1 unspecified atom stereocenters. The van der Waals surface area contributed by atoms with Crippen LogP contribution < -0.4 is 0 Å². The summed E-state index contributed by atoms with van der Waals surface area (Å²) in [6.07, 6.45) is 34.2. The maximum absolute atomic E-state index is 12.0. The predicted molar refractivity (Wildman–Crippen MR) is 153 cm³/mol. The Balaban J connectivity index is 3.36. The minimum atomic E-state index is -0.942. The third kappa shape index (κ3) is 25.5. The first-order valence-corrected chi connectivity index (χ1v) is 15.3. The van der Waals surface area contributed by atoms with E-state index in [9.17, 15) is 9.59 Å². The fraction of sp³-hybridized carbons (Fsp3) is 0.812. The predicted octanol–water partition coefficient (Wildman–Crippen LogP) is 9.96. The summed E-state index contributed by atoms with van der Waals surface area (Å²) in [5, 5.41) is 9.01. The van der Waals surface area contributed by atoms with Crippen molar-refractivity contribution in [3.8, 4) is 0 Å². The lowest BCUT2D eigenvalue weighted by molar-refractivity contribution is -0.152. The Labute approximate surface area is 223 Å². The Morgan fingerprint density at radius 2 is 1.11 bits per heavy atom. The molecule has 0 saturated heterocycles. The van der Waals surface area contributed by atoms with Crippen molar-refractivity contribution in [3.63, 3.8) is 0 Å². The van der Waals surface area contributed by atoms with Crippen molar-refractivity contribution in [1.29, 1.82) is 0 Å². The zero-order chi connectivity index (χ0) is 26.5. The van der Waals surface area contributed by atoms with E-state index < -0.39 is 17.9 Å². The maximum Gasteiger partial charge on any atom is 0.309 e. The number of hydrogen-bond acceptors (Lipinski definition) is 3. The third-order valence-electron chi connectivity index (χ3n) is 6.89. The molecule has 0 aliphatic carbocycles. The first-order valence-electron chi connectivity index (χ1n) is 15.3. The van der Waals surface area contributed by atoms with Gasteiger partial charge in [-0.15, -0.1) is 0 Å². The van der Waals surface area contributed by atoms with Gasteiger partial charge < -0.3 is 9.84 Å². The van der Waals surface area contributed by atoms with Crippen molar-refractivity contribution < 1.29 is 19.4 Å². The van der Waals surface area contributed by atoms with E-state index in [-0.39, 0.29) is 13.0 Å². The first kappa shape index (κ1) is 34.4. The number of allylic oxidation sites excluding steroid dienone is 2. The van der Waals surface area contributed by atoms with Gasteiger partial charge in [0.1, 0.15) is 6.61 Å². The van der Waals surface area contributed by atoms with Crippen molar-refractivity contribution in [3.05, 3.63) is 24.8 Å². The normalized spacial score (nSPS) is 12.1. The molecule has 0 aliphatic rings. The van der Waals surface area contributed by atoms with Gasteiger partial charge in [0.25, 0.3) is 0 Å². The van der Waals surface area contributed by atoms with Crippen molar-refractivity contribution >= 4 is 11.9 Å². The van der Waals surface area contributed by atoms with Crippen LogP contribution in [0.15, 0.2) is 24.8 Å². The third-order valence-corrected chi connectivity index (χ3v) is 6.89. The van der Waals surface area contributed by atoms with Gasteiger partial charge in [-0.2, -0.15) is 0 Å². The summed E-state index contributed by atoms with van der Waals surface area (Å²) in [7, 11) is 0. The summed E-state index contributed by atoms with van der Waals surface area (Å²) in [5.74, 6) is -1.88. The molecule has 0 radical (unpaired) electrons. The number of aliphatic carboxylic acids is 1. The van der Waals surface area contributed by atoms with Crippen LogP contribution in [0.2, 0.25) is 0 Å². The molecule has 0 aliphatic heterocycles. The Morgan fingerprint density at radius 3 is 1.53 bits per heavy atom. The molecule has 0 aromatic carbocycles. The molecule has 0 rings (SSSR count). The highest BCUT2D eigenvalue weighted by atomic mass is 16.5. The molecule has 4 heteroatoms. The molecule has 0 bridgehead atoms. The van der Waals surface area contributed by atoms with Gasteiger partial charge in [-0.1, -0.05) is 147 Å². The number of carboxylic acid groups (broad SMARTS) is 1. The van der Waals surface area contributed by atoms with E-state index in [0.29, 0.717) is 6.42 Å². The second-order valence-electron chi connectivity index (χ2n) is 10.4. The molecule has 210 valence electrons. The van der Waals surface area contributed by atoms with Gasteiger partial charge in [0.05, 0.1) is 12.3 Å². The summed E-state index contributed by atoms with van der Waals surface area (Å²) < 4.78 is 5.03. The highest BCUT2D eigenvalue weighted by Gasteiger charge is 2.22. The number of carboxylic acids is 1. The fourth-order valence-electron chi connectivity index (χ4n) is 4.66. The van der Waals surface area contributed by atoms with Crippen molar-refractivity contribution in [2.75, 3.05) is 6.61 Å². The maximum atomic E-state index is 12.0. The van der Waals surface area contributed by atoms with E-state index in [1.807, 2.05) is 0 Å². The van der Waals surface area contributed by atoms with E-state index in [1.54, 1.807) is 0 Å². The smallest absolute Gasteiger partial charge is 0.309 e. The molecule has 1 N–H and O–H groups in total. The molecule has 4 nitrogen and oxygen atoms in total. The minimum absolute atomic E-state index is 0.145. The van der Waals surface area contributed by atoms with Crippen molar-refractivity contribution in [2.45, 2.75) is 155 Å². The van der Waals surface area contributed by atoms with Crippen LogP contribution in [0.25, 0.3) is 0 Å². The number of ether oxygens (including phenoxy) is 1. The van der Waals surface area contributed by atoms with Crippen molar-refractivity contribution in [2.24, 2.45) is 5.92 Å². The Bertz CT molecular complexity index is 540. The van der Waals surface area contributed by atoms with Gasteiger partial charge in [0.2, 0.25) is 0 Å². The Kier molecular flexibility index (Phi) is 26.8. The van der Waals surface area contributed by atoms with Crippen LogP contribution >= 0.6 is 0 Å². The number of carbonyl (C=O) groups excluding carboxylic acids is 1. The lowest BCUT2D eigenvalue weighted by Crippen LogP contribution is -2.21. The Hall–Kier alpha value is -1.58. The topological polar surface area (TPSA) is 63.6 Å². The average Bonchev–Trinajstić information content (AvgIpc) is 2.86. The molecule has 0 saturated carbocycles. The number of carbonyl (C=O) groups is 2. The van der Waals surface area contributed by atoms with Gasteiger partial charge in [0.15, 0.2) is 0 Å². The van der Waals surface area contributed by atoms with E-state index in [4.69, 9.17) is 9.84 Å². The molecule has 0 aromatic rings. The zero-order valence-electron chi connectivity index (χ0n) is 23.7. The van der Waals surface area contributed by atoms with Gasteiger partial charge in [-0.05, 0) is 25.7 Å². The van der Waals surface area contributed by atoms with Crippen LogP contribution in [0, 0.1) is 5.92 Å². The minimum Gasteiger partial charge on any atom is -0.481 e. The first-order chi connectivity index (χ1) is 17.6. The molecule has 0 amide bonds. The summed E-state index contributed by atoms with van der Waals surface area (Å²) in [5.41, 5.74) is 0. The highest BCUT2D eigenvalue weighted by molar-refractivity contribution is 5.79. The monoisotopic (exact) mass is 506 g/mol. The Morgan fingerprint density at radius 1 is 0.694 bits per heavy atom. The second-order valence-corrected chi connectivity index (χ2v) is 10.4. The summed E-state index contributed by atoms with van der Waals surface area (Å²) in [6, 6.07) is 0. The van der Waals surface area contributed by atoms with Gasteiger partial charge >= 0.3 is 11.9 Å². The number of rotatable bonds is 28. The number of unbranched alkanes of at least 4 members (excludes halogenated alkanes) is 19. The summed E-state index contributed by atoms with van der Waals surface area (Å²) in [4.78, 5) is 22.9. The quantitative estimate of drug-likeness (QED) is 0.0651. The van der Waals surface area contributed by atoms with E-state index in [2.05, 4.69) is 25.7 Å². The van der Waals surface area contributed by atoms with Gasteiger partial charge in [0, 0.05) is 0 Å². The second kappa shape index (κ2) is 28.0. The SMILES string of the molecule is C=CCOC(=O)C(CCCCCCCCCCCCCCCCCCCC/C=C/CCC)CC(=O)O. The molecule has 0 aromatic heterocycles.